The smallest absolute Gasteiger partial charge is 0.323 e. The van der Waals surface area contributed by atoms with Crippen molar-refractivity contribution in [2.24, 2.45) is 5.92 Å². The van der Waals surface area contributed by atoms with Crippen LogP contribution in [-0.4, -0.2) is 78.7 Å². The van der Waals surface area contributed by atoms with Crippen LogP contribution in [0.15, 0.2) is 51.9 Å². The second-order valence-electron chi connectivity index (χ2n) is 10.3. The fourth-order valence-electron chi connectivity index (χ4n) is 4.63. The number of aliphatic hydroxyl groups is 1. The molecule has 0 saturated carbocycles. The molecule has 0 fully saturated rings. The number of anilines is 2. The molecule has 226 valence electrons. The third-order valence-corrected chi connectivity index (χ3v) is 9.26. The summed E-state index contributed by atoms with van der Waals surface area (Å²) < 4.78 is 39.4. The molecule has 2 aromatic carbocycles. The number of fused-ring (bicyclic) bond motifs is 1. The minimum Gasteiger partial charge on any atom is -0.486 e. The standard InChI is InChI=1S/C28H34ClN5O7S/c1-16-13-34(17(2)15-35)27(36)22-7-6-8-23(30-28(37)31-25-18(3)32-41-19(25)4)26(22)40-24(16)14-33(5)42(38,39)21-11-9-20(29)10-12-21/h6-12,16-17,24,35H,13-15H2,1-5H3,(H2,30,31,37)/t16-,17-,24+/m1/s1. The Morgan fingerprint density at radius 1 is 1.21 bits per heavy atom. The molecule has 0 aliphatic carbocycles. The minimum atomic E-state index is -3.91. The van der Waals surface area contributed by atoms with Gasteiger partial charge in [0.25, 0.3) is 5.91 Å². The maximum Gasteiger partial charge on any atom is 0.323 e. The Bertz CT molecular complexity index is 1540. The third kappa shape index (κ3) is 6.54. The van der Waals surface area contributed by atoms with Crippen molar-refractivity contribution in [3.8, 4) is 5.75 Å². The van der Waals surface area contributed by atoms with Crippen LogP contribution in [0.4, 0.5) is 16.2 Å². The first-order valence-corrected chi connectivity index (χ1v) is 15.1. The van der Waals surface area contributed by atoms with Gasteiger partial charge in [0.1, 0.15) is 17.5 Å². The Morgan fingerprint density at radius 3 is 2.52 bits per heavy atom. The Kier molecular flexibility index (Phi) is 9.46. The quantitative estimate of drug-likeness (QED) is 0.340. The zero-order valence-electron chi connectivity index (χ0n) is 23.9. The van der Waals surface area contributed by atoms with E-state index in [4.69, 9.17) is 20.9 Å². The first kappa shape index (κ1) is 31.3. The molecular weight excluding hydrogens is 586 g/mol. The number of nitrogens with one attached hydrogen (secondary N) is 2. The van der Waals surface area contributed by atoms with E-state index in [9.17, 15) is 23.1 Å². The van der Waals surface area contributed by atoms with Crippen molar-refractivity contribution in [2.45, 2.75) is 44.7 Å². The second kappa shape index (κ2) is 12.7. The zero-order valence-corrected chi connectivity index (χ0v) is 25.5. The first-order valence-electron chi connectivity index (χ1n) is 13.3. The summed E-state index contributed by atoms with van der Waals surface area (Å²) >= 11 is 5.95. The van der Waals surface area contributed by atoms with Crippen molar-refractivity contribution in [3.63, 3.8) is 0 Å². The highest BCUT2D eigenvalue weighted by molar-refractivity contribution is 7.89. The van der Waals surface area contributed by atoms with Crippen LogP contribution in [0, 0.1) is 19.8 Å². The molecule has 0 unspecified atom stereocenters. The summed E-state index contributed by atoms with van der Waals surface area (Å²) in [5.41, 5.74) is 1.26. The van der Waals surface area contributed by atoms with Crippen LogP contribution in [0.25, 0.3) is 0 Å². The summed E-state index contributed by atoms with van der Waals surface area (Å²) in [6.07, 6.45) is -0.745. The number of aryl methyl sites for hydroxylation is 2. The monoisotopic (exact) mass is 619 g/mol. The lowest BCUT2D eigenvalue weighted by molar-refractivity contribution is 0.0389. The molecule has 42 heavy (non-hydrogen) atoms. The van der Waals surface area contributed by atoms with Gasteiger partial charge in [-0.1, -0.05) is 29.7 Å². The second-order valence-corrected chi connectivity index (χ2v) is 12.8. The van der Waals surface area contributed by atoms with E-state index in [2.05, 4.69) is 15.8 Å². The molecule has 0 bridgehead atoms. The van der Waals surface area contributed by atoms with Gasteiger partial charge in [-0.25, -0.2) is 13.2 Å². The molecule has 2 heterocycles. The molecule has 0 radical (unpaired) electrons. The summed E-state index contributed by atoms with van der Waals surface area (Å²) in [4.78, 5) is 28.3. The number of benzene rings is 2. The number of sulfonamides is 1. The number of aromatic nitrogens is 1. The summed E-state index contributed by atoms with van der Waals surface area (Å²) in [7, 11) is -2.46. The SMILES string of the molecule is Cc1noc(C)c1NC(=O)Nc1cccc2c1O[C@@H](CN(C)S(=O)(=O)c1ccc(Cl)cc1)[C@H](C)CN([C@H](C)CO)C2=O. The Labute approximate surface area is 249 Å². The van der Waals surface area contributed by atoms with Crippen LogP contribution in [0.3, 0.4) is 0 Å². The normalized spacial score (nSPS) is 18.1. The van der Waals surface area contributed by atoms with E-state index in [1.165, 1.54) is 40.5 Å². The number of halogens is 1. The van der Waals surface area contributed by atoms with Gasteiger partial charge in [-0.15, -0.1) is 0 Å². The van der Waals surface area contributed by atoms with Gasteiger partial charge in [0.2, 0.25) is 10.0 Å². The number of rotatable bonds is 8. The van der Waals surface area contributed by atoms with Crippen molar-refractivity contribution >= 4 is 44.9 Å². The lowest BCUT2D eigenvalue weighted by atomic mass is 9.99. The number of ether oxygens (including phenoxy) is 1. The van der Waals surface area contributed by atoms with E-state index >= 15 is 0 Å². The number of aliphatic hydroxyl groups excluding tert-OH is 1. The van der Waals surface area contributed by atoms with Crippen molar-refractivity contribution in [2.75, 3.05) is 37.4 Å². The van der Waals surface area contributed by atoms with E-state index in [0.29, 0.717) is 22.2 Å². The number of hydrogen-bond donors (Lipinski definition) is 3. The lowest BCUT2D eigenvalue weighted by Crippen LogP contribution is -2.50. The van der Waals surface area contributed by atoms with Crippen molar-refractivity contribution < 1.29 is 32.4 Å². The number of para-hydroxylation sites is 1. The molecule has 3 amide bonds. The predicted octanol–water partition coefficient (Wildman–Crippen LogP) is 4.13. The van der Waals surface area contributed by atoms with E-state index < -0.39 is 34.1 Å². The van der Waals surface area contributed by atoms with E-state index in [-0.39, 0.29) is 47.5 Å². The van der Waals surface area contributed by atoms with Gasteiger partial charge in [0.05, 0.1) is 35.3 Å². The molecule has 0 saturated heterocycles. The van der Waals surface area contributed by atoms with Crippen LogP contribution < -0.4 is 15.4 Å². The van der Waals surface area contributed by atoms with Crippen LogP contribution in [-0.2, 0) is 10.0 Å². The molecule has 3 N–H and O–H groups in total. The summed E-state index contributed by atoms with van der Waals surface area (Å²) in [5, 5.41) is 19.6. The van der Waals surface area contributed by atoms with E-state index in [1.54, 1.807) is 39.0 Å². The Morgan fingerprint density at radius 2 is 1.90 bits per heavy atom. The van der Waals surface area contributed by atoms with Crippen LogP contribution >= 0.6 is 11.6 Å². The van der Waals surface area contributed by atoms with Crippen LogP contribution in [0.1, 0.15) is 35.7 Å². The number of likely N-dealkylation sites (N-methyl/N-ethyl adjacent to an activating group) is 1. The number of hydrogen-bond acceptors (Lipinski definition) is 8. The Balaban J connectivity index is 1.70. The highest BCUT2D eigenvalue weighted by atomic mass is 35.5. The number of carbonyl (C=O) groups is 2. The molecule has 1 aliphatic rings. The molecule has 4 rings (SSSR count). The lowest BCUT2D eigenvalue weighted by Gasteiger charge is -2.38. The number of nitrogens with zero attached hydrogens (tertiary/aromatic N) is 3. The van der Waals surface area contributed by atoms with Gasteiger partial charge >= 0.3 is 6.03 Å². The molecule has 3 atom stereocenters. The first-order chi connectivity index (χ1) is 19.8. The molecule has 1 aliphatic heterocycles. The van der Waals surface area contributed by atoms with Gasteiger partial charge in [-0.2, -0.15) is 4.31 Å². The number of amides is 3. The van der Waals surface area contributed by atoms with Crippen LogP contribution in [0.2, 0.25) is 5.02 Å². The highest BCUT2D eigenvalue weighted by Gasteiger charge is 2.36. The third-order valence-electron chi connectivity index (χ3n) is 7.17. The van der Waals surface area contributed by atoms with Crippen molar-refractivity contribution in [3.05, 3.63) is 64.5 Å². The molecule has 14 heteroatoms. The maximum absolute atomic E-state index is 13.7. The molecule has 3 aromatic rings. The predicted molar refractivity (Wildman–Crippen MR) is 157 cm³/mol. The highest BCUT2D eigenvalue weighted by Crippen LogP contribution is 2.35. The largest absolute Gasteiger partial charge is 0.486 e. The maximum atomic E-state index is 13.7. The summed E-state index contributed by atoms with van der Waals surface area (Å²) in [5.74, 6) is -0.262. The van der Waals surface area contributed by atoms with Crippen molar-refractivity contribution in [1.29, 1.82) is 0 Å². The van der Waals surface area contributed by atoms with Gasteiger partial charge in [0, 0.05) is 24.5 Å². The average molecular weight is 620 g/mol. The number of carbonyl (C=O) groups excluding carboxylic acids is 2. The average Bonchev–Trinajstić information content (AvgIpc) is 3.26. The zero-order chi connectivity index (χ0) is 30.8. The molecule has 0 spiro atoms. The van der Waals surface area contributed by atoms with Gasteiger partial charge in [-0.05, 0) is 57.2 Å². The van der Waals surface area contributed by atoms with Crippen LogP contribution in [0.5, 0.6) is 5.75 Å². The van der Waals surface area contributed by atoms with Gasteiger partial charge < -0.3 is 29.9 Å². The van der Waals surface area contributed by atoms with Crippen molar-refractivity contribution in [1.82, 2.24) is 14.4 Å². The fourth-order valence-corrected chi connectivity index (χ4v) is 5.94. The molecule has 12 nitrogen and oxygen atoms in total. The Hall–Kier alpha value is -3.65. The molecular formula is C28H34ClN5O7S. The van der Waals surface area contributed by atoms with E-state index in [1.807, 2.05) is 6.92 Å². The number of urea groups is 1. The minimum absolute atomic E-state index is 0.0670. The summed E-state index contributed by atoms with van der Waals surface area (Å²) in [6.45, 7) is 6.75. The van der Waals surface area contributed by atoms with E-state index in [0.717, 1.165) is 0 Å². The van der Waals surface area contributed by atoms with Gasteiger partial charge in [0.15, 0.2) is 11.5 Å². The molecule has 1 aromatic heterocycles. The topological polar surface area (TPSA) is 154 Å². The fraction of sp³-hybridized carbons (Fsp3) is 0.393. The summed E-state index contributed by atoms with van der Waals surface area (Å²) in [6, 6.07) is 9.44. The van der Waals surface area contributed by atoms with Gasteiger partial charge in [-0.3, -0.25) is 4.79 Å².